The molecule has 4 nitrogen and oxygen atoms in total. The summed E-state index contributed by atoms with van der Waals surface area (Å²) in [5, 5.41) is 8.76. The number of nitrogens with zero attached hydrogens (tertiary/aromatic N) is 1. The molecule has 1 rings (SSSR count). The maximum Gasteiger partial charge on any atom is 0.573 e. The van der Waals surface area contributed by atoms with Crippen LogP contribution in [0.3, 0.4) is 0 Å². The maximum atomic E-state index is 12.3. The number of ether oxygens (including phenoxy) is 1. The van der Waals surface area contributed by atoms with Gasteiger partial charge < -0.3 is 9.84 Å². The Kier molecular flexibility index (Phi) is 5.57. The predicted molar refractivity (Wildman–Crippen MR) is 66.2 cm³/mol. The first-order chi connectivity index (χ1) is 9.31. The summed E-state index contributed by atoms with van der Waals surface area (Å²) in [6, 6.07) is 5.62. The van der Waals surface area contributed by atoms with Crippen LogP contribution in [0.5, 0.6) is 5.75 Å². The monoisotopic (exact) mass is 289 g/mol. The van der Waals surface area contributed by atoms with Crippen molar-refractivity contribution in [2.75, 3.05) is 13.1 Å². The normalized spacial score (nSPS) is 11.4. The van der Waals surface area contributed by atoms with Gasteiger partial charge in [-0.1, -0.05) is 24.3 Å². The van der Waals surface area contributed by atoms with Crippen molar-refractivity contribution in [2.24, 2.45) is 0 Å². The number of para-hydroxylation sites is 1. The van der Waals surface area contributed by atoms with E-state index in [9.17, 15) is 18.0 Å². The van der Waals surface area contributed by atoms with Gasteiger partial charge in [-0.3, -0.25) is 9.69 Å². The van der Waals surface area contributed by atoms with E-state index in [0.717, 1.165) is 0 Å². The van der Waals surface area contributed by atoms with Crippen LogP contribution in [-0.4, -0.2) is 35.4 Å². The fraction of sp³-hybridized carbons (Fsp3) is 0.308. The molecule has 7 heteroatoms. The van der Waals surface area contributed by atoms with E-state index in [2.05, 4.69) is 11.3 Å². The van der Waals surface area contributed by atoms with Crippen LogP contribution in [0.4, 0.5) is 13.2 Å². The molecule has 110 valence electrons. The van der Waals surface area contributed by atoms with E-state index < -0.39 is 12.3 Å². The summed E-state index contributed by atoms with van der Waals surface area (Å²) < 4.78 is 40.7. The number of carboxylic acid groups (broad SMARTS) is 1. The highest BCUT2D eigenvalue weighted by Gasteiger charge is 2.32. The molecule has 0 atom stereocenters. The van der Waals surface area contributed by atoms with E-state index in [1.54, 1.807) is 6.07 Å². The number of carboxylic acids is 1. The minimum absolute atomic E-state index is 0.0184. The van der Waals surface area contributed by atoms with Crippen molar-refractivity contribution in [3.63, 3.8) is 0 Å². The second-order valence-corrected chi connectivity index (χ2v) is 4.01. The van der Waals surface area contributed by atoms with Crippen LogP contribution in [-0.2, 0) is 11.3 Å². The summed E-state index contributed by atoms with van der Waals surface area (Å²) in [5.74, 6) is -1.40. The van der Waals surface area contributed by atoms with Gasteiger partial charge in [0.15, 0.2) is 0 Å². The predicted octanol–water partition coefficient (Wildman–Crippen LogP) is 2.66. The zero-order valence-electron chi connectivity index (χ0n) is 10.6. The Labute approximate surface area is 114 Å². The van der Waals surface area contributed by atoms with Gasteiger partial charge in [0, 0.05) is 18.7 Å². The molecule has 20 heavy (non-hydrogen) atoms. The summed E-state index contributed by atoms with van der Waals surface area (Å²) in [4.78, 5) is 12.1. The highest BCUT2D eigenvalue weighted by Crippen LogP contribution is 2.27. The third-order valence-electron chi connectivity index (χ3n) is 2.34. The molecule has 0 aromatic heterocycles. The van der Waals surface area contributed by atoms with Crippen LogP contribution < -0.4 is 4.74 Å². The standard InChI is InChI=1S/C13H14F3NO3/c1-2-7-17(9-12(18)19)8-10-5-3-4-6-11(10)20-13(14,15)16/h2-6H,1,7-9H2,(H,18,19). The van der Waals surface area contributed by atoms with Crippen molar-refractivity contribution in [3.05, 3.63) is 42.5 Å². The fourth-order valence-electron chi connectivity index (χ4n) is 1.66. The Balaban J connectivity index is 2.88. The van der Waals surface area contributed by atoms with Crippen LogP contribution in [0.25, 0.3) is 0 Å². The first-order valence-corrected chi connectivity index (χ1v) is 5.70. The van der Waals surface area contributed by atoms with Crippen molar-refractivity contribution in [1.29, 1.82) is 0 Å². The van der Waals surface area contributed by atoms with Crippen LogP contribution >= 0.6 is 0 Å². The van der Waals surface area contributed by atoms with Crippen molar-refractivity contribution in [1.82, 2.24) is 4.90 Å². The van der Waals surface area contributed by atoms with Gasteiger partial charge in [0.05, 0.1) is 6.54 Å². The van der Waals surface area contributed by atoms with E-state index in [-0.39, 0.29) is 30.9 Å². The van der Waals surface area contributed by atoms with Gasteiger partial charge in [-0.2, -0.15) is 0 Å². The maximum absolute atomic E-state index is 12.3. The lowest BCUT2D eigenvalue weighted by Gasteiger charge is -2.20. The van der Waals surface area contributed by atoms with Crippen LogP contribution in [0.1, 0.15) is 5.56 Å². The largest absolute Gasteiger partial charge is 0.573 e. The molecule has 0 bridgehead atoms. The Morgan fingerprint density at radius 3 is 2.60 bits per heavy atom. The molecule has 0 spiro atoms. The Bertz CT molecular complexity index is 474. The molecular formula is C13H14F3NO3. The second-order valence-electron chi connectivity index (χ2n) is 4.01. The van der Waals surface area contributed by atoms with Crippen molar-refractivity contribution < 1.29 is 27.8 Å². The van der Waals surface area contributed by atoms with Gasteiger partial charge in [0.1, 0.15) is 5.75 Å². The summed E-state index contributed by atoms with van der Waals surface area (Å²) >= 11 is 0. The molecule has 0 amide bonds. The third kappa shape index (κ3) is 5.75. The van der Waals surface area contributed by atoms with Crippen LogP contribution in [0, 0.1) is 0 Å². The average Bonchev–Trinajstić information content (AvgIpc) is 2.29. The van der Waals surface area contributed by atoms with Gasteiger partial charge in [-0.15, -0.1) is 19.8 Å². The molecule has 0 saturated carbocycles. The smallest absolute Gasteiger partial charge is 0.480 e. The Morgan fingerprint density at radius 2 is 2.05 bits per heavy atom. The van der Waals surface area contributed by atoms with E-state index >= 15 is 0 Å². The highest BCUT2D eigenvalue weighted by atomic mass is 19.4. The van der Waals surface area contributed by atoms with Crippen LogP contribution in [0.15, 0.2) is 36.9 Å². The lowest BCUT2D eigenvalue weighted by Crippen LogP contribution is -2.30. The molecule has 0 radical (unpaired) electrons. The Morgan fingerprint density at radius 1 is 1.40 bits per heavy atom. The molecule has 0 aliphatic rings. The van der Waals surface area contributed by atoms with Gasteiger partial charge >= 0.3 is 12.3 Å². The van der Waals surface area contributed by atoms with Gasteiger partial charge in [0.2, 0.25) is 0 Å². The molecule has 0 saturated heterocycles. The quantitative estimate of drug-likeness (QED) is 0.784. The molecule has 0 aliphatic carbocycles. The van der Waals surface area contributed by atoms with E-state index in [0.29, 0.717) is 0 Å². The molecule has 1 N–H and O–H groups in total. The van der Waals surface area contributed by atoms with Crippen molar-refractivity contribution >= 4 is 5.97 Å². The lowest BCUT2D eigenvalue weighted by molar-refractivity contribution is -0.275. The molecule has 0 unspecified atom stereocenters. The minimum atomic E-state index is -4.79. The summed E-state index contributed by atoms with van der Waals surface area (Å²) in [6.07, 6.45) is -3.30. The number of benzene rings is 1. The topological polar surface area (TPSA) is 49.8 Å². The minimum Gasteiger partial charge on any atom is -0.480 e. The fourth-order valence-corrected chi connectivity index (χ4v) is 1.66. The number of alkyl halides is 3. The van der Waals surface area contributed by atoms with Crippen LogP contribution in [0.2, 0.25) is 0 Å². The molecule has 0 heterocycles. The number of hydrogen-bond donors (Lipinski definition) is 1. The van der Waals surface area contributed by atoms with Gasteiger partial charge in [-0.25, -0.2) is 0 Å². The van der Waals surface area contributed by atoms with E-state index in [4.69, 9.17) is 5.11 Å². The summed E-state index contributed by atoms with van der Waals surface area (Å²) in [7, 11) is 0. The average molecular weight is 289 g/mol. The molecule has 0 aliphatic heterocycles. The number of carbonyl (C=O) groups is 1. The number of halogens is 3. The first-order valence-electron chi connectivity index (χ1n) is 5.70. The first kappa shape index (κ1) is 16.0. The van der Waals surface area contributed by atoms with Gasteiger partial charge in [-0.05, 0) is 6.07 Å². The van der Waals surface area contributed by atoms with E-state index in [1.807, 2.05) is 0 Å². The van der Waals surface area contributed by atoms with E-state index in [1.165, 1.54) is 29.2 Å². The molecule has 1 aromatic rings. The number of hydrogen-bond acceptors (Lipinski definition) is 3. The molecule has 0 fully saturated rings. The summed E-state index contributed by atoms with van der Waals surface area (Å²) in [5.41, 5.74) is 0.257. The van der Waals surface area contributed by atoms with Gasteiger partial charge in [0.25, 0.3) is 0 Å². The lowest BCUT2D eigenvalue weighted by atomic mass is 10.2. The summed E-state index contributed by atoms with van der Waals surface area (Å²) in [6.45, 7) is 3.45. The number of rotatable bonds is 7. The third-order valence-corrected chi connectivity index (χ3v) is 2.34. The highest BCUT2D eigenvalue weighted by molar-refractivity contribution is 5.69. The SMILES string of the molecule is C=CCN(CC(=O)O)Cc1ccccc1OC(F)(F)F. The zero-order chi connectivity index (χ0) is 15.2. The second kappa shape index (κ2) is 6.95. The number of aliphatic carboxylic acids is 1. The molecular weight excluding hydrogens is 275 g/mol. The van der Waals surface area contributed by atoms with Crippen molar-refractivity contribution in [2.45, 2.75) is 12.9 Å². The van der Waals surface area contributed by atoms with Crippen molar-refractivity contribution in [3.8, 4) is 5.75 Å². The zero-order valence-corrected chi connectivity index (χ0v) is 10.6. The molecule has 1 aromatic carbocycles. The Hall–Kier alpha value is -2.02.